The van der Waals surface area contributed by atoms with Crippen molar-refractivity contribution < 1.29 is 23.9 Å². The number of halogens is 1. The van der Waals surface area contributed by atoms with Crippen molar-refractivity contribution in [3.05, 3.63) is 34.3 Å². The van der Waals surface area contributed by atoms with E-state index in [1.165, 1.54) is 14.2 Å². The van der Waals surface area contributed by atoms with Crippen molar-refractivity contribution in [2.24, 2.45) is 11.8 Å². The summed E-state index contributed by atoms with van der Waals surface area (Å²) in [4.78, 5) is 37.7. The Kier molecular flexibility index (Phi) is 5.21. The van der Waals surface area contributed by atoms with E-state index < -0.39 is 35.1 Å². The second-order valence-electron chi connectivity index (χ2n) is 7.22. The highest BCUT2D eigenvalue weighted by Crippen LogP contribution is 2.46. The van der Waals surface area contributed by atoms with Crippen LogP contribution >= 0.6 is 15.9 Å². The molecule has 5 atom stereocenters. The number of methoxy groups -OCH3 is 2. The van der Waals surface area contributed by atoms with Crippen molar-refractivity contribution in [3.63, 3.8) is 0 Å². The summed E-state index contributed by atoms with van der Waals surface area (Å²) in [6.07, 6.45) is 1.21. The number of benzene rings is 1. The molecule has 2 aliphatic heterocycles. The van der Waals surface area contributed by atoms with Crippen molar-refractivity contribution in [3.8, 4) is 0 Å². The van der Waals surface area contributed by atoms with Crippen LogP contribution in [0, 0.1) is 11.8 Å². The minimum absolute atomic E-state index is 0.108. The molecular weight excluding hydrogens is 402 g/mol. The fourth-order valence-corrected chi connectivity index (χ4v) is 4.89. The standard InChI is InChI=1S/C19H22BrNO5/c1-19-9-11(10-5-4-6-12(20)7-10)8-13(21-19)14(17(23)25-2)16(22)15(19)18(24)26-3/h4-7,11,13-15,21H,8-9H2,1-3H3. The van der Waals surface area contributed by atoms with Gasteiger partial charge in [0.15, 0.2) is 5.78 Å². The Labute approximate surface area is 160 Å². The molecule has 0 spiro atoms. The van der Waals surface area contributed by atoms with E-state index >= 15 is 0 Å². The molecule has 0 aliphatic carbocycles. The number of piperidine rings is 2. The molecule has 0 aromatic heterocycles. The first kappa shape index (κ1) is 19.0. The lowest BCUT2D eigenvalue weighted by molar-refractivity contribution is -0.165. The first-order valence-electron chi connectivity index (χ1n) is 8.53. The average Bonchev–Trinajstić information content (AvgIpc) is 2.60. The lowest BCUT2D eigenvalue weighted by Crippen LogP contribution is -2.70. The maximum absolute atomic E-state index is 13.0. The van der Waals surface area contributed by atoms with E-state index in [0.717, 1.165) is 10.0 Å². The van der Waals surface area contributed by atoms with E-state index in [1.54, 1.807) is 0 Å². The minimum atomic E-state index is -1.04. The molecule has 0 saturated carbocycles. The number of carbonyl (C=O) groups excluding carboxylic acids is 3. The van der Waals surface area contributed by atoms with Crippen molar-refractivity contribution in [1.82, 2.24) is 5.32 Å². The molecular formula is C19H22BrNO5. The molecule has 1 aromatic rings. The van der Waals surface area contributed by atoms with Crippen LogP contribution in [-0.4, -0.2) is 43.5 Å². The van der Waals surface area contributed by atoms with Crippen LogP contribution < -0.4 is 5.32 Å². The number of hydrogen-bond donors (Lipinski definition) is 1. The lowest BCUT2D eigenvalue weighted by atomic mass is 9.61. The number of ketones is 1. The summed E-state index contributed by atoms with van der Waals surface area (Å²) in [6.45, 7) is 1.86. The Balaban J connectivity index is 2.03. The molecule has 1 N–H and O–H groups in total. The Morgan fingerprint density at radius 2 is 1.92 bits per heavy atom. The van der Waals surface area contributed by atoms with E-state index in [-0.39, 0.29) is 12.0 Å². The number of nitrogens with one attached hydrogen (secondary N) is 1. The number of rotatable bonds is 3. The van der Waals surface area contributed by atoms with Crippen molar-refractivity contribution in [2.75, 3.05) is 14.2 Å². The first-order valence-corrected chi connectivity index (χ1v) is 9.32. The Hall–Kier alpha value is -1.73. The van der Waals surface area contributed by atoms with E-state index in [9.17, 15) is 14.4 Å². The van der Waals surface area contributed by atoms with Gasteiger partial charge >= 0.3 is 11.9 Å². The van der Waals surface area contributed by atoms with Gasteiger partial charge in [-0.3, -0.25) is 14.4 Å². The molecule has 0 radical (unpaired) electrons. The van der Waals surface area contributed by atoms with Gasteiger partial charge in [0.1, 0.15) is 11.8 Å². The quantitative estimate of drug-likeness (QED) is 0.592. The SMILES string of the molecule is COC(=O)C1C(=O)C(C(=O)OC)C2(C)CC(c3cccc(Br)c3)CC1N2. The molecule has 140 valence electrons. The number of ether oxygens (including phenoxy) is 2. The van der Waals surface area contributed by atoms with E-state index in [4.69, 9.17) is 9.47 Å². The molecule has 5 unspecified atom stereocenters. The molecule has 2 aliphatic rings. The van der Waals surface area contributed by atoms with Gasteiger partial charge in [-0.05, 0) is 43.4 Å². The third kappa shape index (κ3) is 3.18. The summed E-state index contributed by atoms with van der Waals surface area (Å²) < 4.78 is 10.7. The minimum Gasteiger partial charge on any atom is -0.468 e. The van der Waals surface area contributed by atoms with Gasteiger partial charge in [-0.15, -0.1) is 0 Å². The zero-order valence-electron chi connectivity index (χ0n) is 15.0. The average molecular weight is 424 g/mol. The van der Waals surface area contributed by atoms with Crippen molar-refractivity contribution in [2.45, 2.75) is 37.3 Å². The largest absolute Gasteiger partial charge is 0.468 e. The normalized spacial score (nSPS) is 33.5. The predicted molar refractivity (Wildman–Crippen MR) is 97.5 cm³/mol. The smallest absolute Gasteiger partial charge is 0.318 e. The second kappa shape index (κ2) is 7.12. The van der Waals surface area contributed by atoms with Crippen LogP contribution in [0.25, 0.3) is 0 Å². The summed E-state index contributed by atoms with van der Waals surface area (Å²) in [5, 5.41) is 3.37. The van der Waals surface area contributed by atoms with Crippen LogP contribution in [0.4, 0.5) is 0 Å². The molecule has 2 fully saturated rings. The first-order chi connectivity index (χ1) is 12.3. The summed E-state index contributed by atoms with van der Waals surface area (Å²) >= 11 is 3.49. The van der Waals surface area contributed by atoms with Crippen molar-refractivity contribution >= 4 is 33.7 Å². The third-order valence-corrected chi connectivity index (χ3v) is 6.06. The summed E-state index contributed by atoms with van der Waals surface area (Å²) in [6, 6.07) is 7.60. The van der Waals surface area contributed by atoms with Gasteiger partial charge in [-0.2, -0.15) is 0 Å². The predicted octanol–water partition coefficient (Wildman–Crippen LogP) is 2.20. The number of hydrogen-bond acceptors (Lipinski definition) is 6. The van der Waals surface area contributed by atoms with Gasteiger partial charge in [0.05, 0.1) is 14.2 Å². The van der Waals surface area contributed by atoms with Gasteiger partial charge in [-0.25, -0.2) is 0 Å². The molecule has 2 bridgehead atoms. The van der Waals surface area contributed by atoms with Crippen LogP contribution in [0.1, 0.15) is 31.2 Å². The van der Waals surface area contributed by atoms with E-state index in [1.807, 2.05) is 31.2 Å². The number of fused-ring (bicyclic) bond motifs is 2. The number of Topliss-reactive ketones (excluding diaryl/α,β-unsaturated/α-hetero) is 1. The number of esters is 2. The molecule has 3 rings (SSSR count). The molecule has 7 heteroatoms. The monoisotopic (exact) mass is 423 g/mol. The molecule has 1 aromatic carbocycles. The molecule has 2 saturated heterocycles. The summed E-state index contributed by atoms with van der Waals surface area (Å²) in [7, 11) is 2.51. The number of carbonyl (C=O) groups is 3. The van der Waals surface area contributed by atoms with Crippen LogP contribution in [0.15, 0.2) is 28.7 Å². The summed E-state index contributed by atoms with van der Waals surface area (Å²) in [5.41, 5.74) is 0.337. The van der Waals surface area contributed by atoms with Crippen LogP contribution in [-0.2, 0) is 23.9 Å². The maximum atomic E-state index is 13.0. The molecule has 26 heavy (non-hydrogen) atoms. The Morgan fingerprint density at radius 1 is 1.23 bits per heavy atom. The fourth-order valence-electron chi connectivity index (χ4n) is 4.47. The zero-order chi connectivity index (χ0) is 19.1. The molecule has 0 amide bonds. The van der Waals surface area contributed by atoms with Crippen molar-refractivity contribution in [1.29, 1.82) is 0 Å². The van der Waals surface area contributed by atoms with E-state index in [0.29, 0.717) is 12.8 Å². The highest BCUT2D eigenvalue weighted by atomic mass is 79.9. The highest BCUT2D eigenvalue weighted by molar-refractivity contribution is 9.10. The molecule has 6 nitrogen and oxygen atoms in total. The Morgan fingerprint density at radius 3 is 2.54 bits per heavy atom. The van der Waals surface area contributed by atoms with Crippen LogP contribution in [0.3, 0.4) is 0 Å². The topological polar surface area (TPSA) is 81.7 Å². The van der Waals surface area contributed by atoms with Gasteiger partial charge in [0, 0.05) is 16.1 Å². The fraction of sp³-hybridized carbons (Fsp3) is 0.526. The zero-order valence-corrected chi connectivity index (χ0v) is 16.5. The van der Waals surface area contributed by atoms with Gasteiger partial charge < -0.3 is 14.8 Å². The van der Waals surface area contributed by atoms with Gasteiger partial charge in [-0.1, -0.05) is 28.1 Å². The Bertz CT molecular complexity index is 751. The lowest BCUT2D eigenvalue weighted by Gasteiger charge is -2.52. The van der Waals surface area contributed by atoms with Gasteiger partial charge in [0.2, 0.25) is 0 Å². The van der Waals surface area contributed by atoms with E-state index in [2.05, 4.69) is 21.2 Å². The van der Waals surface area contributed by atoms with Crippen LogP contribution in [0.5, 0.6) is 0 Å². The third-order valence-electron chi connectivity index (χ3n) is 5.57. The highest BCUT2D eigenvalue weighted by Gasteiger charge is 2.59. The van der Waals surface area contributed by atoms with Gasteiger partial charge in [0.25, 0.3) is 0 Å². The van der Waals surface area contributed by atoms with Crippen LogP contribution in [0.2, 0.25) is 0 Å². The second-order valence-corrected chi connectivity index (χ2v) is 8.14. The summed E-state index contributed by atoms with van der Waals surface area (Å²) in [5.74, 6) is -3.58. The molecule has 2 heterocycles. The maximum Gasteiger partial charge on any atom is 0.318 e.